The van der Waals surface area contributed by atoms with E-state index in [9.17, 15) is 4.79 Å². The number of aryl methyl sites for hydroxylation is 1. The molecule has 1 aromatic rings. The molecule has 1 aliphatic rings. The van der Waals surface area contributed by atoms with E-state index in [-0.39, 0.29) is 5.91 Å². The quantitative estimate of drug-likeness (QED) is 0.831. The first-order chi connectivity index (χ1) is 8.11. The Morgan fingerprint density at radius 1 is 1.47 bits per heavy atom. The van der Waals surface area contributed by atoms with Crippen LogP contribution in [0, 0.1) is 12.8 Å². The van der Waals surface area contributed by atoms with Crippen LogP contribution < -0.4 is 0 Å². The van der Waals surface area contributed by atoms with Crippen LogP contribution in [-0.2, 0) is 0 Å². The van der Waals surface area contributed by atoms with Crippen molar-refractivity contribution in [3.05, 3.63) is 33.8 Å². The Morgan fingerprint density at radius 3 is 2.71 bits per heavy atom. The average molecular weight is 296 g/mol. The van der Waals surface area contributed by atoms with Gasteiger partial charge in [0.1, 0.15) is 0 Å². The number of rotatable bonds is 4. The maximum Gasteiger partial charge on any atom is 0.253 e. The molecule has 1 fully saturated rings. The maximum atomic E-state index is 12.3. The summed E-state index contributed by atoms with van der Waals surface area (Å²) in [5.41, 5.74) is 1.94. The van der Waals surface area contributed by atoms with Gasteiger partial charge in [-0.25, -0.2) is 0 Å². The lowest BCUT2D eigenvalue weighted by molar-refractivity contribution is 0.0757. The highest BCUT2D eigenvalue weighted by Crippen LogP contribution is 2.30. The van der Waals surface area contributed by atoms with Crippen LogP contribution in [0.4, 0.5) is 0 Å². The van der Waals surface area contributed by atoms with Gasteiger partial charge in [-0.3, -0.25) is 4.79 Å². The summed E-state index contributed by atoms with van der Waals surface area (Å²) in [7, 11) is 0. The summed E-state index contributed by atoms with van der Waals surface area (Å²) in [6.07, 6.45) is 2.56. The van der Waals surface area contributed by atoms with Gasteiger partial charge in [0, 0.05) is 23.1 Å². The first kappa shape index (κ1) is 12.6. The minimum atomic E-state index is 0.153. The Bertz CT molecular complexity index is 426. The molecule has 0 heterocycles. The normalized spacial score (nSPS) is 14.8. The SMILES string of the molecule is CCN(CC1CC1)C(=O)c1ccc(C)c(Br)c1. The van der Waals surface area contributed by atoms with E-state index in [0.717, 1.165) is 34.6 Å². The Hall–Kier alpha value is -0.830. The predicted octanol–water partition coefficient (Wildman–Crippen LogP) is 3.63. The van der Waals surface area contributed by atoms with Gasteiger partial charge in [-0.2, -0.15) is 0 Å². The Balaban J connectivity index is 2.12. The molecular formula is C14H18BrNO. The van der Waals surface area contributed by atoms with Gasteiger partial charge in [0.15, 0.2) is 0 Å². The summed E-state index contributed by atoms with van der Waals surface area (Å²) >= 11 is 3.48. The standard InChI is InChI=1S/C14H18BrNO/c1-3-16(9-11-5-6-11)14(17)12-7-4-10(2)13(15)8-12/h4,7-8,11H,3,5-6,9H2,1-2H3. The molecule has 2 nitrogen and oxygen atoms in total. The number of benzene rings is 1. The molecule has 0 spiro atoms. The highest BCUT2D eigenvalue weighted by molar-refractivity contribution is 9.10. The van der Waals surface area contributed by atoms with Gasteiger partial charge in [0.25, 0.3) is 5.91 Å². The minimum Gasteiger partial charge on any atom is -0.339 e. The Kier molecular flexibility index (Phi) is 3.87. The van der Waals surface area contributed by atoms with Gasteiger partial charge >= 0.3 is 0 Å². The van der Waals surface area contributed by atoms with E-state index in [4.69, 9.17) is 0 Å². The van der Waals surface area contributed by atoms with E-state index < -0.39 is 0 Å². The molecule has 0 aliphatic heterocycles. The third-order valence-corrected chi connectivity index (χ3v) is 4.12. The van der Waals surface area contributed by atoms with E-state index in [1.165, 1.54) is 12.8 Å². The van der Waals surface area contributed by atoms with Crippen LogP contribution in [0.15, 0.2) is 22.7 Å². The van der Waals surface area contributed by atoms with Crippen molar-refractivity contribution in [2.45, 2.75) is 26.7 Å². The molecule has 0 unspecified atom stereocenters. The number of carbonyl (C=O) groups is 1. The van der Waals surface area contributed by atoms with Crippen LogP contribution in [-0.4, -0.2) is 23.9 Å². The van der Waals surface area contributed by atoms with Crippen LogP contribution in [0.3, 0.4) is 0 Å². The lowest BCUT2D eigenvalue weighted by atomic mass is 10.1. The van der Waals surface area contributed by atoms with Crippen molar-refractivity contribution in [2.75, 3.05) is 13.1 Å². The fraction of sp³-hybridized carbons (Fsp3) is 0.500. The molecule has 0 radical (unpaired) electrons. The van der Waals surface area contributed by atoms with Gasteiger partial charge in [-0.1, -0.05) is 22.0 Å². The molecule has 1 amide bonds. The first-order valence-electron chi connectivity index (χ1n) is 6.17. The molecule has 3 heteroatoms. The van der Waals surface area contributed by atoms with E-state index in [0.29, 0.717) is 0 Å². The second-order valence-corrected chi connectivity index (χ2v) is 5.61. The molecule has 1 aliphatic carbocycles. The molecule has 2 rings (SSSR count). The molecule has 1 aromatic carbocycles. The number of hydrogen-bond donors (Lipinski definition) is 0. The molecular weight excluding hydrogens is 278 g/mol. The van der Waals surface area contributed by atoms with Gasteiger partial charge in [0.05, 0.1) is 0 Å². The predicted molar refractivity (Wildman–Crippen MR) is 73.2 cm³/mol. The summed E-state index contributed by atoms with van der Waals surface area (Å²) in [6, 6.07) is 5.83. The molecule has 0 atom stereocenters. The first-order valence-corrected chi connectivity index (χ1v) is 6.96. The maximum absolute atomic E-state index is 12.3. The largest absolute Gasteiger partial charge is 0.339 e. The smallest absolute Gasteiger partial charge is 0.253 e. The second kappa shape index (κ2) is 5.21. The summed E-state index contributed by atoms with van der Waals surface area (Å²) in [4.78, 5) is 14.3. The monoisotopic (exact) mass is 295 g/mol. The van der Waals surface area contributed by atoms with Crippen molar-refractivity contribution >= 4 is 21.8 Å². The van der Waals surface area contributed by atoms with Crippen LogP contribution >= 0.6 is 15.9 Å². The molecule has 1 saturated carbocycles. The lowest BCUT2D eigenvalue weighted by Crippen LogP contribution is -2.32. The molecule has 0 N–H and O–H groups in total. The summed E-state index contributed by atoms with van der Waals surface area (Å²) < 4.78 is 1.01. The molecule has 92 valence electrons. The van der Waals surface area contributed by atoms with E-state index in [1.54, 1.807) is 0 Å². The van der Waals surface area contributed by atoms with Crippen molar-refractivity contribution in [3.8, 4) is 0 Å². The Labute approximate surface area is 111 Å². The van der Waals surface area contributed by atoms with Crippen molar-refractivity contribution in [1.82, 2.24) is 4.90 Å². The zero-order valence-corrected chi connectivity index (χ0v) is 12.0. The van der Waals surface area contributed by atoms with Gasteiger partial charge in [-0.05, 0) is 50.3 Å². The van der Waals surface area contributed by atoms with Crippen molar-refractivity contribution in [3.63, 3.8) is 0 Å². The third-order valence-electron chi connectivity index (χ3n) is 3.26. The number of carbonyl (C=O) groups excluding carboxylic acids is 1. The topological polar surface area (TPSA) is 20.3 Å². The molecule has 0 aromatic heterocycles. The van der Waals surface area contributed by atoms with Crippen LogP contribution in [0.2, 0.25) is 0 Å². The number of amides is 1. The van der Waals surface area contributed by atoms with Crippen molar-refractivity contribution in [1.29, 1.82) is 0 Å². The fourth-order valence-corrected chi connectivity index (χ4v) is 2.25. The average Bonchev–Trinajstić information content (AvgIpc) is 3.12. The van der Waals surface area contributed by atoms with Crippen LogP contribution in [0.1, 0.15) is 35.7 Å². The summed E-state index contributed by atoms with van der Waals surface area (Å²) in [5, 5.41) is 0. The minimum absolute atomic E-state index is 0.153. The highest BCUT2D eigenvalue weighted by Gasteiger charge is 2.26. The van der Waals surface area contributed by atoms with Gasteiger partial charge < -0.3 is 4.90 Å². The van der Waals surface area contributed by atoms with E-state index >= 15 is 0 Å². The summed E-state index contributed by atoms with van der Waals surface area (Å²) in [6.45, 7) is 5.78. The van der Waals surface area contributed by atoms with Crippen LogP contribution in [0.25, 0.3) is 0 Å². The van der Waals surface area contributed by atoms with Gasteiger partial charge in [-0.15, -0.1) is 0 Å². The van der Waals surface area contributed by atoms with Crippen molar-refractivity contribution < 1.29 is 4.79 Å². The van der Waals surface area contributed by atoms with E-state index in [2.05, 4.69) is 15.9 Å². The number of halogens is 1. The second-order valence-electron chi connectivity index (χ2n) is 4.75. The zero-order valence-electron chi connectivity index (χ0n) is 10.4. The highest BCUT2D eigenvalue weighted by atomic mass is 79.9. The molecule has 17 heavy (non-hydrogen) atoms. The summed E-state index contributed by atoms with van der Waals surface area (Å²) in [5.74, 6) is 0.896. The van der Waals surface area contributed by atoms with E-state index in [1.807, 2.05) is 36.9 Å². The molecule has 0 bridgehead atoms. The molecule has 0 saturated heterocycles. The number of nitrogens with zero attached hydrogens (tertiary/aromatic N) is 1. The number of hydrogen-bond acceptors (Lipinski definition) is 1. The lowest BCUT2D eigenvalue weighted by Gasteiger charge is -2.21. The van der Waals surface area contributed by atoms with Crippen molar-refractivity contribution in [2.24, 2.45) is 5.92 Å². The fourth-order valence-electron chi connectivity index (χ4n) is 1.88. The Morgan fingerprint density at radius 2 is 2.18 bits per heavy atom. The van der Waals surface area contributed by atoms with Crippen LogP contribution in [0.5, 0.6) is 0 Å². The zero-order chi connectivity index (χ0) is 12.4. The van der Waals surface area contributed by atoms with Gasteiger partial charge in [0.2, 0.25) is 0 Å². The third kappa shape index (κ3) is 3.09.